The fraction of sp³-hybridized carbons (Fsp3) is 0.333. The normalized spacial score (nSPS) is 11.0. The van der Waals surface area contributed by atoms with Crippen LogP contribution in [0.25, 0.3) is 5.78 Å². The minimum atomic E-state index is -0.122. The summed E-state index contributed by atoms with van der Waals surface area (Å²) in [5.74, 6) is 1.24. The van der Waals surface area contributed by atoms with Crippen molar-refractivity contribution in [1.82, 2.24) is 19.6 Å². The summed E-state index contributed by atoms with van der Waals surface area (Å²) in [5, 5.41) is 7.95. The molecule has 0 saturated carbocycles. The molecule has 1 aromatic carbocycles. The first kappa shape index (κ1) is 17.4. The fourth-order valence-electron chi connectivity index (χ4n) is 2.77. The highest BCUT2D eigenvalue weighted by atomic mass is 35.5. The first-order valence-corrected chi connectivity index (χ1v) is 8.63. The van der Waals surface area contributed by atoms with Crippen LogP contribution in [-0.2, 0) is 17.6 Å². The van der Waals surface area contributed by atoms with Crippen molar-refractivity contribution >= 4 is 29.0 Å². The van der Waals surface area contributed by atoms with Crippen molar-refractivity contribution in [1.29, 1.82) is 0 Å². The van der Waals surface area contributed by atoms with Gasteiger partial charge in [-0.1, -0.05) is 24.6 Å². The van der Waals surface area contributed by atoms with E-state index in [0.717, 1.165) is 35.6 Å². The molecule has 0 bridgehead atoms. The van der Waals surface area contributed by atoms with Crippen molar-refractivity contribution < 1.29 is 4.79 Å². The molecule has 1 N–H and O–H groups in total. The van der Waals surface area contributed by atoms with Gasteiger partial charge in [0.2, 0.25) is 5.91 Å². The molecular weight excluding hydrogens is 338 g/mol. The van der Waals surface area contributed by atoms with E-state index in [4.69, 9.17) is 11.6 Å². The third-order valence-electron chi connectivity index (χ3n) is 4.01. The first-order chi connectivity index (χ1) is 12.0. The summed E-state index contributed by atoms with van der Waals surface area (Å²) in [6, 6.07) is 7.09. The number of rotatable bonds is 5. The van der Waals surface area contributed by atoms with Gasteiger partial charge < -0.3 is 5.32 Å². The number of benzene rings is 1. The van der Waals surface area contributed by atoms with Crippen LogP contribution in [0.15, 0.2) is 24.3 Å². The maximum Gasteiger partial charge on any atom is 0.252 e. The highest BCUT2D eigenvalue weighted by molar-refractivity contribution is 6.30. The van der Waals surface area contributed by atoms with Crippen LogP contribution in [-0.4, -0.2) is 25.5 Å². The summed E-state index contributed by atoms with van der Waals surface area (Å²) in [7, 11) is 0. The third kappa shape index (κ3) is 3.79. The molecule has 3 rings (SSSR count). The highest BCUT2D eigenvalue weighted by Crippen LogP contribution is 2.18. The van der Waals surface area contributed by atoms with Crippen LogP contribution in [0.5, 0.6) is 0 Å². The zero-order chi connectivity index (χ0) is 18.0. The van der Waals surface area contributed by atoms with Gasteiger partial charge in [-0.05, 0) is 38.5 Å². The number of amides is 1. The molecule has 0 aliphatic heterocycles. The minimum absolute atomic E-state index is 0.122. The Balaban J connectivity index is 1.86. The van der Waals surface area contributed by atoms with Gasteiger partial charge in [-0.3, -0.25) is 4.79 Å². The molecule has 0 aliphatic carbocycles. The summed E-state index contributed by atoms with van der Waals surface area (Å²) < 4.78 is 1.72. The van der Waals surface area contributed by atoms with E-state index in [2.05, 4.69) is 27.3 Å². The number of nitrogens with zero attached hydrogens (tertiary/aromatic N) is 4. The Kier molecular flexibility index (Phi) is 4.99. The molecule has 2 aromatic heterocycles. The first-order valence-electron chi connectivity index (χ1n) is 8.25. The molecule has 25 heavy (non-hydrogen) atoms. The molecule has 130 valence electrons. The lowest BCUT2D eigenvalue weighted by Gasteiger charge is -2.11. The van der Waals surface area contributed by atoms with Crippen LogP contribution in [0.4, 0.5) is 5.69 Å². The fourth-order valence-corrected chi connectivity index (χ4v) is 2.96. The van der Waals surface area contributed by atoms with Crippen LogP contribution in [0.3, 0.4) is 0 Å². The van der Waals surface area contributed by atoms with Gasteiger partial charge in [-0.2, -0.15) is 4.98 Å². The predicted octanol–water partition coefficient (Wildman–Crippen LogP) is 3.53. The van der Waals surface area contributed by atoms with Gasteiger partial charge in [0.25, 0.3) is 5.78 Å². The molecule has 1 amide bonds. The van der Waals surface area contributed by atoms with E-state index in [1.54, 1.807) is 28.8 Å². The molecule has 0 saturated heterocycles. The topological polar surface area (TPSA) is 72.2 Å². The van der Waals surface area contributed by atoms with E-state index >= 15 is 0 Å². The van der Waals surface area contributed by atoms with Crippen molar-refractivity contribution in [3.05, 3.63) is 52.1 Å². The third-order valence-corrected chi connectivity index (χ3v) is 4.25. The summed E-state index contributed by atoms with van der Waals surface area (Å²) in [6.07, 6.45) is 2.01. The Morgan fingerprint density at radius 2 is 2.08 bits per heavy atom. The number of fused-ring (bicyclic) bond motifs is 1. The van der Waals surface area contributed by atoms with Gasteiger partial charge in [0.05, 0.1) is 6.42 Å². The lowest BCUT2D eigenvalue weighted by Crippen LogP contribution is -2.17. The number of halogens is 1. The lowest BCUT2D eigenvalue weighted by molar-refractivity contribution is -0.115. The molecule has 2 heterocycles. The quantitative estimate of drug-likeness (QED) is 0.758. The minimum Gasteiger partial charge on any atom is -0.326 e. The number of anilines is 1. The van der Waals surface area contributed by atoms with Gasteiger partial charge in [0.15, 0.2) is 5.82 Å². The summed E-state index contributed by atoms with van der Waals surface area (Å²) in [6.45, 7) is 5.92. The Morgan fingerprint density at radius 3 is 2.80 bits per heavy atom. The predicted molar refractivity (Wildman–Crippen MR) is 98.0 cm³/mol. The highest BCUT2D eigenvalue weighted by Gasteiger charge is 2.16. The molecule has 0 spiro atoms. The lowest BCUT2D eigenvalue weighted by atomic mass is 10.1. The van der Waals surface area contributed by atoms with Crippen molar-refractivity contribution in [2.24, 2.45) is 0 Å². The molecule has 3 aromatic rings. The number of nitrogens with one attached hydrogen (secondary N) is 1. The summed E-state index contributed by atoms with van der Waals surface area (Å²) in [5.41, 5.74) is 3.22. The van der Waals surface area contributed by atoms with Crippen LogP contribution in [0.2, 0.25) is 5.02 Å². The van der Waals surface area contributed by atoms with E-state index < -0.39 is 0 Å². The van der Waals surface area contributed by atoms with Crippen molar-refractivity contribution in [2.45, 2.75) is 40.0 Å². The molecule has 0 fully saturated rings. The van der Waals surface area contributed by atoms with Crippen LogP contribution < -0.4 is 5.32 Å². The van der Waals surface area contributed by atoms with Crippen LogP contribution >= 0.6 is 11.6 Å². The maximum absolute atomic E-state index is 12.4. The van der Waals surface area contributed by atoms with E-state index in [1.165, 1.54) is 0 Å². The van der Waals surface area contributed by atoms with Crippen molar-refractivity contribution in [3.63, 3.8) is 0 Å². The average Bonchev–Trinajstić information content (AvgIpc) is 2.94. The van der Waals surface area contributed by atoms with Crippen LogP contribution in [0.1, 0.15) is 36.1 Å². The second-order valence-electron chi connectivity index (χ2n) is 5.99. The van der Waals surface area contributed by atoms with Gasteiger partial charge in [0.1, 0.15) is 0 Å². The SMILES string of the molecule is CCCc1nc2nc(C)c(CC(=O)Nc3cccc(Cl)c3)c(C)n2n1. The Bertz CT molecular complexity index is 935. The maximum atomic E-state index is 12.4. The molecule has 0 radical (unpaired) electrons. The van der Waals surface area contributed by atoms with E-state index in [1.807, 2.05) is 13.8 Å². The summed E-state index contributed by atoms with van der Waals surface area (Å²) >= 11 is 5.95. The Hall–Kier alpha value is -2.47. The Labute approximate surface area is 151 Å². The number of aryl methyl sites for hydroxylation is 3. The standard InChI is InChI=1S/C18H20ClN5O/c1-4-6-16-22-18-20-11(2)15(12(3)24(18)23-16)10-17(25)21-14-8-5-7-13(19)9-14/h5,7-9H,4,6,10H2,1-3H3,(H,21,25). The van der Waals surface area contributed by atoms with Gasteiger partial charge in [0, 0.05) is 34.1 Å². The number of aromatic nitrogens is 4. The second kappa shape index (κ2) is 7.19. The number of carbonyl (C=O) groups excluding carboxylic acids is 1. The largest absolute Gasteiger partial charge is 0.326 e. The van der Waals surface area contributed by atoms with Gasteiger partial charge in [-0.15, -0.1) is 5.10 Å². The molecule has 6 nitrogen and oxygen atoms in total. The molecule has 0 aliphatic rings. The molecule has 0 atom stereocenters. The second-order valence-corrected chi connectivity index (χ2v) is 6.42. The molecule has 7 heteroatoms. The van der Waals surface area contributed by atoms with Gasteiger partial charge in [-0.25, -0.2) is 9.50 Å². The number of carbonyl (C=O) groups is 1. The summed E-state index contributed by atoms with van der Waals surface area (Å²) in [4.78, 5) is 21.4. The molecular formula is C18H20ClN5O. The smallest absolute Gasteiger partial charge is 0.252 e. The number of hydrogen-bond donors (Lipinski definition) is 1. The molecule has 0 unspecified atom stereocenters. The van der Waals surface area contributed by atoms with Crippen LogP contribution in [0, 0.1) is 13.8 Å². The zero-order valence-corrected chi connectivity index (χ0v) is 15.3. The Morgan fingerprint density at radius 1 is 1.28 bits per heavy atom. The zero-order valence-electron chi connectivity index (χ0n) is 14.5. The van der Waals surface area contributed by atoms with E-state index in [0.29, 0.717) is 16.5 Å². The van der Waals surface area contributed by atoms with E-state index in [-0.39, 0.29) is 12.3 Å². The monoisotopic (exact) mass is 357 g/mol. The van der Waals surface area contributed by atoms with E-state index in [9.17, 15) is 4.79 Å². The number of hydrogen-bond acceptors (Lipinski definition) is 4. The van der Waals surface area contributed by atoms with Crippen molar-refractivity contribution in [2.75, 3.05) is 5.32 Å². The van der Waals surface area contributed by atoms with Gasteiger partial charge >= 0.3 is 0 Å². The average molecular weight is 358 g/mol. The van der Waals surface area contributed by atoms with Crippen molar-refractivity contribution in [3.8, 4) is 0 Å².